The van der Waals surface area contributed by atoms with Gasteiger partial charge in [-0.1, -0.05) is 11.6 Å². The number of ether oxygens (including phenoxy) is 1. The first-order chi connectivity index (χ1) is 24.6. The number of hydrogen-bond donors (Lipinski definition) is 3. The van der Waals surface area contributed by atoms with Crippen molar-refractivity contribution in [1.29, 1.82) is 0 Å². The van der Waals surface area contributed by atoms with Crippen LogP contribution in [0.5, 0.6) is 5.75 Å². The molecule has 1 aromatic carbocycles. The lowest BCUT2D eigenvalue weighted by molar-refractivity contribution is -0.126. The van der Waals surface area contributed by atoms with Gasteiger partial charge in [0.25, 0.3) is 0 Å². The molecule has 1 aliphatic heterocycles. The Kier molecular flexibility index (Phi) is 10.2. The Morgan fingerprint density at radius 2 is 1.43 bits per heavy atom. The summed E-state index contributed by atoms with van der Waals surface area (Å²) >= 11 is 9.49. The minimum absolute atomic E-state index is 0.0171. The molecule has 0 bridgehead atoms. The van der Waals surface area contributed by atoms with Gasteiger partial charge in [0, 0.05) is 39.9 Å². The van der Waals surface area contributed by atoms with Crippen LogP contribution in [0.25, 0.3) is 20.4 Å². The second kappa shape index (κ2) is 14.8. The quantitative estimate of drug-likeness (QED) is 0.152. The smallest absolute Gasteiger partial charge is 0.223 e. The monoisotopic (exact) mass is 744 g/mol. The lowest BCUT2D eigenvalue weighted by Crippen LogP contribution is -2.37. The highest BCUT2D eigenvalue weighted by Crippen LogP contribution is 2.42. The second-order valence-electron chi connectivity index (χ2n) is 13.8. The molecular weight excluding hydrogens is 704 g/mol. The Balaban J connectivity index is 0.000000175. The predicted octanol–water partition coefficient (Wildman–Crippen LogP) is 6.98. The minimum Gasteiger partial charge on any atom is -0.495 e. The van der Waals surface area contributed by atoms with Crippen molar-refractivity contribution in [3.05, 3.63) is 61.9 Å². The van der Waals surface area contributed by atoms with E-state index in [9.17, 15) is 9.59 Å². The van der Waals surface area contributed by atoms with E-state index in [0.717, 1.165) is 87.3 Å². The van der Waals surface area contributed by atoms with E-state index in [-0.39, 0.29) is 35.7 Å². The van der Waals surface area contributed by atoms with E-state index in [4.69, 9.17) is 16.3 Å². The van der Waals surface area contributed by atoms with Gasteiger partial charge >= 0.3 is 0 Å². The molecule has 0 radical (unpaired) electrons. The third-order valence-electron chi connectivity index (χ3n) is 9.45. The van der Waals surface area contributed by atoms with Crippen molar-refractivity contribution in [1.82, 2.24) is 30.6 Å². The summed E-state index contributed by atoms with van der Waals surface area (Å²) in [7, 11) is 1.67. The molecule has 0 saturated carbocycles. The maximum absolute atomic E-state index is 12.5. The highest BCUT2D eigenvalue weighted by molar-refractivity contribution is 7.19. The average Bonchev–Trinajstić information content (AvgIpc) is 3.82. The number of nitrogens with zero attached hydrogens (tertiary/aromatic N) is 5. The lowest BCUT2D eigenvalue weighted by atomic mass is 9.87. The minimum atomic E-state index is 0.0171. The Labute approximate surface area is 309 Å². The first kappa shape index (κ1) is 35.2. The number of fused-ring (bicyclic) bond motifs is 7. The molecule has 4 aromatic heterocycles. The van der Waals surface area contributed by atoms with Crippen LogP contribution < -0.4 is 20.7 Å². The van der Waals surface area contributed by atoms with E-state index in [2.05, 4.69) is 46.9 Å². The van der Waals surface area contributed by atoms with Crippen LogP contribution >= 0.6 is 34.3 Å². The van der Waals surface area contributed by atoms with E-state index in [1.54, 1.807) is 36.1 Å². The van der Waals surface area contributed by atoms with Gasteiger partial charge in [0.05, 0.1) is 30.1 Å². The Hall–Kier alpha value is -4.20. The number of anilines is 2. The molecular formula is C37H41ClN8O3S2. The van der Waals surface area contributed by atoms with E-state index >= 15 is 0 Å². The molecule has 2 amide bonds. The fourth-order valence-corrected chi connectivity index (χ4v) is 9.90. The molecule has 5 aromatic rings. The number of carbonyl (C=O) groups is 2. The number of amides is 2. The van der Waals surface area contributed by atoms with Gasteiger partial charge in [-0.05, 0) is 101 Å². The van der Waals surface area contributed by atoms with Gasteiger partial charge in [0.2, 0.25) is 11.8 Å². The molecule has 2 atom stereocenters. The van der Waals surface area contributed by atoms with Gasteiger partial charge in [-0.15, -0.1) is 22.7 Å². The zero-order valence-electron chi connectivity index (χ0n) is 29.3. The number of rotatable bonds is 7. The molecule has 0 saturated heterocycles. The highest BCUT2D eigenvalue weighted by Gasteiger charge is 2.31. The molecule has 2 unspecified atom stereocenters. The predicted molar refractivity (Wildman–Crippen MR) is 205 cm³/mol. The maximum Gasteiger partial charge on any atom is 0.223 e. The maximum atomic E-state index is 12.5. The lowest BCUT2D eigenvalue weighted by Gasteiger charge is -2.23. The molecule has 8 rings (SSSR count). The number of benzene rings is 1. The number of nitrogens with one attached hydrogen (secondary N) is 3. The molecule has 0 fully saturated rings. The van der Waals surface area contributed by atoms with Crippen LogP contribution in [0.2, 0.25) is 5.15 Å². The van der Waals surface area contributed by atoms with Crippen molar-refractivity contribution in [2.24, 2.45) is 16.8 Å². The summed E-state index contributed by atoms with van der Waals surface area (Å²) in [5.74, 6) is 1.92. The SMILES string of the molecule is CC(C)NC(=O)C1CCc2c(sc3ncnc(Cl)c23)C1.COc1cc2c(cc1Nc1ncnc3sc4c(c13)CCC(C(=O)NC(C)C)C4)C=NC2. The van der Waals surface area contributed by atoms with Crippen LogP contribution in [-0.2, 0) is 41.8 Å². The number of aromatic nitrogens is 4. The van der Waals surface area contributed by atoms with Gasteiger partial charge in [0.1, 0.15) is 39.0 Å². The van der Waals surface area contributed by atoms with E-state index in [1.807, 2.05) is 40.0 Å². The van der Waals surface area contributed by atoms with Crippen LogP contribution in [0.3, 0.4) is 0 Å². The Morgan fingerprint density at radius 3 is 2.04 bits per heavy atom. The van der Waals surface area contributed by atoms with Crippen LogP contribution in [0.4, 0.5) is 11.5 Å². The standard InChI is InChI=1S/C23H25N5O2S.C14H16ClN3OS/c1-12(2)27-22(29)13-4-5-16-19(8-13)31-23-20(16)21(25-11-26-23)28-17-6-14-9-24-10-15(14)7-18(17)30-3;1-7(2)18-13(19)8-3-4-9-10(5-8)20-14-11(9)12(15)16-6-17-14/h6-7,9,11-13H,4-5,8,10H2,1-3H3,(H,27,29)(H,25,26,28);6-8H,3-5H2,1-2H3,(H,18,19). The van der Waals surface area contributed by atoms with Crippen molar-refractivity contribution in [2.45, 2.75) is 84.8 Å². The van der Waals surface area contributed by atoms with Crippen LogP contribution in [0.1, 0.15) is 72.5 Å². The summed E-state index contributed by atoms with van der Waals surface area (Å²) in [4.78, 5) is 50.8. The summed E-state index contributed by atoms with van der Waals surface area (Å²) in [6.45, 7) is 8.66. The van der Waals surface area contributed by atoms with E-state index in [0.29, 0.717) is 11.7 Å². The third kappa shape index (κ3) is 7.29. The summed E-state index contributed by atoms with van der Waals surface area (Å²) in [6.07, 6.45) is 9.95. The van der Waals surface area contributed by atoms with Crippen molar-refractivity contribution >= 4 is 84.2 Å². The third-order valence-corrected chi connectivity index (χ3v) is 12.1. The van der Waals surface area contributed by atoms with Crippen molar-refractivity contribution in [2.75, 3.05) is 12.4 Å². The number of aliphatic imine (C=N–C) groups is 1. The number of hydrogen-bond acceptors (Lipinski definition) is 11. The topological polar surface area (TPSA) is 143 Å². The summed E-state index contributed by atoms with van der Waals surface area (Å²) in [6, 6.07) is 4.44. The normalized spacial score (nSPS) is 17.5. The van der Waals surface area contributed by atoms with Crippen LogP contribution in [-0.4, -0.2) is 57.2 Å². The van der Waals surface area contributed by atoms with Crippen LogP contribution in [0, 0.1) is 11.8 Å². The van der Waals surface area contributed by atoms with Crippen molar-refractivity contribution in [3.8, 4) is 5.75 Å². The molecule has 5 heterocycles. The first-order valence-corrected chi connectivity index (χ1v) is 19.3. The van der Waals surface area contributed by atoms with E-state index in [1.165, 1.54) is 27.2 Å². The van der Waals surface area contributed by atoms with Crippen molar-refractivity contribution < 1.29 is 14.3 Å². The molecule has 11 nitrogen and oxygen atoms in total. The number of aryl methyl sites for hydroxylation is 2. The van der Waals surface area contributed by atoms with Gasteiger partial charge < -0.3 is 20.7 Å². The fourth-order valence-electron chi connectivity index (χ4n) is 7.06. The van der Waals surface area contributed by atoms with E-state index < -0.39 is 0 Å². The number of methoxy groups -OCH3 is 1. The van der Waals surface area contributed by atoms with Gasteiger partial charge in [0.15, 0.2) is 0 Å². The van der Waals surface area contributed by atoms with Gasteiger partial charge in [-0.25, -0.2) is 19.9 Å². The summed E-state index contributed by atoms with van der Waals surface area (Å²) in [5.41, 5.74) is 5.62. The molecule has 266 valence electrons. The molecule has 3 aliphatic rings. The molecule has 51 heavy (non-hydrogen) atoms. The van der Waals surface area contributed by atoms with Gasteiger partial charge in [-0.2, -0.15) is 0 Å². The average molecular weight is 745 g/mol. The highest BCUT2D eigenvalue weighted by atomic mass is 35.5. The zero-order valence-corrected chi connectivity index (χ0v) is 31.7. The van der Waals surface area contributed by atoms with Crippen molar-refractivity contribution in [3.63, 3.8) is 0 Å². The second-order valence-corrected chi connectivity index (χ2v) is 16.3. The molecule has 0 spiro atoms. The number of halogens is 1. The number of thiophene rings is 2. The Bertz CT molecular complexity index is 2160. The fraction of sp³-hybridized carbons (Fsp3) is 0.432. The summed E-state index contributed by atoms with van der Waals surface area (Å²) < 4.78 is 5.62. The molecule has 2 aliphatic carbocycles. The Morgan fingerprint density at radius 1 is 0.843 bits per heavy atom. The molecule has 14 heteroatoms. The summed E-state index contributed by atoms with van der Waals surface area (Å²) in [5, 5.41) is 12.1. The first-order valence-electron chi connectivity index (χ1n) is 17.3. The largest absolute Gasteiger partial charge is 0.495 e. The number of carbonyl (C=O) groups excluding carboxylic acids is 2. The molecule has 3 N–H and O–H groups in total. The van der Waals surface area contributed by atoms with Gasteiger partial charge in [-0.3, -0.25) is 14.6 Å². The van der Waals surface area contributed by atoms with Crippen LogP contribution in [0.15, 0.2) is 29.8 Å². The zero-order chi connectivity index (χ0) is 35.8.